The van der Waals surface area contributed by atoms with Crippen molar-refractivity contribution < 1.29 is 9.90 Å². The average Bonchev–Trinajstić information content (AvgIpc) is 2.15. The van der Waals surface area contributed by atoms with Crippen molar-refractivity contribution in [2.75, 3.05) is 0 Å². The van der Waals surface area contributed by atoms with E-state index in [1.54, 1.807) is 0 Å². The zero-order chi connectivity index (χ0) is 11.4. The molecule has 0 saturated carbocycles. The highest BCUT2D eigenvalue weighted by atomic mass is 35.5. The van der Waals surface area contributed by atoms with Gasteiger partial charge in [-0.2, -0.15) is 0 Å². The molecule has 82 valence electrons. The molecule has 1 unspecified atom stereocenters. The van der Waals surface area contributed by atoms with E-state index in [-0.39, 0.29) is 12.3 Å². The standard InChI is InChI=1S/C12H15ClO2/c1-3-9-5-10(7-11(13)6-9)8(2)4-12(14)15/h5-8H,3-4H2,1-2H3,(H,14,15). The van der Waals surface area contributed by atoms with Crippen LogP contribution in [0.3, 0.4) is 0 Å². The number of benzene rings is 1. The summed E-state index contributed by atoms with van der Waals surface area (Å²) in [4.78, 5) is 10.6. The summed E-state index contributed by atoms with van der Waals surface area (Å²) < 4.78 is 0. The van der Waals surface area contributed by atoms with E-state index in [2.05, 4.69) is 6.92 Å². The molecule has 1 aromatic rings. The zero-order valence-electron chi connectivity index (χ0n) is 8.96. The zero-order valence-corrected chi connectivity index (χ0v) is 9.71. The highest BCUT2D eigenvalue weighted by molar-refractivity contribution is 6.30. The molecule has 0 spiro atoms. The minimum atomic E-state index is -0.777. The van der Waals surface area contributed by atoms with Crippen LogP contribution in [0.15, 0.2) is 18.2 Å². The lowest BCUT2D eigenvalue weighted by Crippen LogP contribution is -2.03. The maximum atomic E-state index is 10.6. The number of carboxylic acid groups (broad SMARTS) is 1. The summed E-state index contributed by atoms with van der Waals surface area (Å²) in [6, 6.07) is 5.78. The maximum Gasteiger partial charge on any atom is 0.303 e. The molecule has 0 fully saturated rings. The Balaban J connectivity index is 2.92. The van der Waals surface area contributed by atoms with Crippen molar-refractivity contribution in [2.24, 2.45) is 0 Å². The fourth-order valence-corrected chi connectivity index (χ4v) is 1.81. The van der Waals surface area contributed by atoms with Crippen molar-refractivity contribution in [3.05, 3.63) is 34.3 Å². The van der Waals surface area contributed by atoms with Crippen LogP contribution in [0, 0.1) is 0 Å². The summed E-state index contributed by atoms with van der Waals surface area (Å²) in [5.41, 5.74) is 2.15. The van der Waals surface area contributed by atoms with Crippen molar-refractivity contribution in [3.63, 3.8) is 0 Å². The molecule has 0 bridgehead atoms. The van der Waals surface area contributed by atoms with Gasteiger partial charge in [-0.3, -0.25) is 4.79 Å². The Morgan fingerprint density at radius 3 is 2.67 bits per heavy atom. The van der Waals surface area contributed by atoms with Gasteiger partial charge < -0.3 is 5.11 Å². The minimum absolute atomic E-state index is 0.00602. The van der Waals surface area contributed by atoms with Crippen LogP contribution in [0.1, 0.15) is 37.3 Å². The summed E-state index contributed by atoms with van der Waals surface area (Å²) in [6.45, 7) is 3.95. The lowest BCUT2D eigenvalue weighted by atomic mass is 9.95. The minimum Gasteiger partial charge on any atom is -0.481 e. The van der Waals surface area contributed by atoms with Crippen LogP contribution in [0.4, 0.5) is 0 Å². The fourth-order valence-electron chi connectivity index (χ4n) is 1.54. The van der Waals surface area contributed by atoms with Crippen LogP contribution in [0.5, 0.6) is 0 Å². The lowest BCUT2D eigenvalue weighted by Gasteiger charge is -2.11. The third kappa shape index (κ3) is 3.56. The van der Waals surface area contributed by atoms with E-state index in [1.807, 2.05) is 25.1 Å². The number of hydrogen-bond donors (Lipinski definition) is 1. The molecule has 0 aliphatic heterocycles. The number of halogens is 1. The van der Waals surface area contributed by atoms with E-state index in [9.17, 15) is 4.79 Å². The van der Waals surface area contributed by atoms with Gasteiger partial charge in [0, 0.05) is 5.02 Å². The first-order valence-corrected chi connectivity index (χ1v) is 5.42. The largest absolute Gasteiger partial charge is 0.481 e. The Kier molecular flexibility index (Phi) is 4.15. The van der Waals surface area contributed by atoms with Gasteiger partial charge in [0.2, 0.25) is 0 Å². The highest BCUT2D eigenvalue weighted by Crippen LogP contribution is 2.24. The quantitative estimate of drug-likeness (QED) is 0.854. The highest BCUT2D eigenvalue weighted by Gasteiger charge is 2.11. The third-order valence-corrected chi connectivity index (χ3v) is 2.66. The van der Waals surface area contributed by atoms with Crippen LogP contribution < -0.4 is 0 Å². The smallest absolute Gasteiger partial charge is 0.303 e. The van der Waals surface area contributed by atoms with Crippen molar-refractivity contribution >= 4 is 17.6 Å². The molecule has 2 nitrogen and oxygen atoms in total. The van der Waals surface area contributed by atoms with Crippen molar-refractivity contribution in [1.82, 2.24) is 0 Å². The Bertz CT molecular complexity index is 361. The Morgan fingerprint density at radius 1 is 1.47 bits per heavy atom. The van der Waals surface area contributed by atoms with Crippen LogP contribution >= 0.6 is 11.6 Å². The van der Waals surface area contributed by atoms with Gasteiger partial charge in [-0.1, -0.05) is 31.5 Å². The van der Waals surface area contributed by atoms with Gasteiger partial charge in [-0.15, -0.1) is 0 Å². The molecule has 1 rings (SSSR count). The number of rotatable bonds is 4. The molecule has 1 N–H and O–H groups in total. The van der Waals surface area contributed by atoms with Gasteiger partial charge in [0.05, 0.1) is 6.42 Å². The summed E-state index contributed by atoms with van der Waals surface area (Å²) in [5.74, 6) is -0.771. The topological polar surface area (TPSA) is 37.3 Å². The van der Waals surface area contributed by atoms with E-state index >= 15 is 0 Å². The molecule has 0 aliphatic carbocycles. The maximum absolute atomic E-state index is 10.6. The number of carboxylic acids is 1. The molecule has 0 aromatic heterocycles. The Hall–Kier alpha value is -1.02. The Labute approximate surface area is 94.9 Å². The molecular weight excluding hydrogens is 212 g/mol. The second-order valence-corrected chi connectivity index (χ2v) is 4.18. The second-order valence-electron chi connectivity index (χ2n) is 3.75. The van der Waals surface area contributed by atoms with Gasteiger partial charge in [0.15, 0.2) is 0 Å². The lowest BCUT2D eigenvalue weighted by molar-refractivity contribution is -0.137. The summed E-state index contributed by atoms with van der Waals surface area (Å²) in [7, 11) is 0. The van der Waals surface area contributed by atoms with E-state index in [0.717, 1.165) is 17.5 Å². The monoisotopic (exact) mass is 226 g/mol. The van der Waals surface area contributed by atoms with Gasteiger partial charge in [0.1, 0.15) is 0 Å². The number of aryl methyl sites for hydroxylation is 1. The van der Waals surface area contributed by atoms with Crippen LogP contribution in [0.25, 0.3) is 0 Å². The van der Waals surface area contributed by atoms with Crippen molar-refractivity contribution in [2.45, 2.75) is 32.6 Å². The molecular formula is C12H15ClO2. The molecule has 0 aliphatic rings. The third-order valence-electron chi connectivity index (χ3n) is 2.44. The molecule has 0 heterocycles. The van der Waals surface area contributed by atoms with E-state index in [1.165, 1.54) is 0 Å². The molecule has 15 heavy (non-hydrogen) atoms. The average molecular weight is 227 g/mol. The van der Waals surface area contributed by atoms with Crippen molar-refractivity contribution in [1.29, 1.82) is 0 Å². The first kappa shape index (κ1) is 12.1. The first-order chi connectivity index (χ1) is 7.02. The molecule has 3 heteroatoms. The number of carbonyl (C=O) groups is 1. The molecule has 0 saturated heterocycles. The van der Waals surface area contributed by atoms with Gasteiger partial charge in [-0.25, -0.2) is 0 Å². The molecule has 0 amide bonds. The van der Waals surface area contributed by atoms with Crippen LogP contribution in [-0.4, -0.2) is 11.1 Å². The predicted octanol–water partition coefficient (Wildman–Crippen LogP) is 3.48. The van der Waals surface area contributed by atoms with E-state index < -0.39 is 5.97 Å². The van der Waals surface area contributed by atoms with Crippen LogP contribution in [-0.2, 0) is 11.2 Å². The second kappa shape index (κ2) is 5.17. The van der Waals surface area contributed by atoms with E-state index in [4.69, 9.17) is 16.7 Å². The van der Waals surface area contributed by atoms with Gasteiger partial charge in [0.25, 0.3) is 0 Å². The molecule has 0 radical (unpaired) electrons. The van der Waals surface area contributed by atoms with Crippen LogP contribution in [0.2, 0.25) is 5.02 Å². The number of aliphatic carboxylic acids is 1. The molecule has 1 aromatic carbocycles. The summed E-state index contributed by atoms with van der Waals surface area (Å²) in [6.07, 6.45) is 1.05. The Morgan fingerprint density at radius 2 is 2.13 bits per heavy atom. The van der Waals surface area contributed by atoms with Crippen molar-refractivity contribution in [3.8, 4) is 0 Å². The SMILES string of the molecule is CCc1cc(Cl)cc(C(C)CC(=O)O)c1. The van der Waals surface area contributed by atoms with E-state index in [0.29, 0.717) is 5.02 Å². The normalized spacial score (nSPS) is 12.5. The summed E-state index contributed by atoms with van der Waals surface area (Å²) >= 11 is 5.96. The molecule has 1 atom stereocenters. The fraction of sp³-hybridized carbons (Fsp3) is 0.417. The number of hydrogen-bond acceptors (Lipinski definition) is 1. The predicted molar refractivity (Wildman–Crippen MR) is 61.5 cm³/mol. The first-order valence-electron chi connectivity index (χ1n) is 5.04. The summed E-state index contributed by atoms with van der Waals surface area (Å²) in [5, 5.41) is 9.39. The van der Waals surface area contributed by atoms with Gasteiger partial charge >= 0.3 is 5.97 Å². The van der Waals surface area contributed by atoms with Gasteiger partial charge in [-0.05, 0) is 35.6 Å².